The van der Waals surface area contributed by atoms with E-state index in [0.717, 1.165) is 11.4 Å². The lowest BCUT2D eigenvalue weighted by Crippen LogP contribution is -3.08. The van der Waals surface area contributed by atoms with Gasteiger partial charge in [-0.1, -0.05) is 59.1 Å². The van der Waals surface area contributed by atoms with Crippen molar-refractivity contribution in [3.8, 4) is 0 Å². The minimum atomic E-state index is -0.111. The molecule has 0 heterocycles. The summed E-state index contributed by atoms with van der Waals surface area (Å²) in [5, 5.41) is 3.67. The van der Waals surface area contributed by atoms with Crippen LogP contribution in [-0.4, -0.2) is 19.5 Å². The van der Waals surface area contributed by atoms with Gasteiger partial charge in [-0.05, 0) is 19.1 Å². The molecule has 1 amide bonds. The van der Waals surface area contributed by atoms with Crippen LogP contribution in [0.1, 0.15) is 11.1 Å². The molecule has 22 heavy (non-hydrogen) atoms. The number of carbonyl (C=O) groups is 1. The van der Waals surface area contributed by atoms with Gasteiger partial charge in [0.2, 0.25) is 0 Å². The Hall–Kier alpha value is -1.55. The number of quaternary nitrogens is 1. The van der Waals surface area contributed by atoms with Gasteiger partial charge in [-0.3, -0.25) is 4.79 Å². The number of anilines is 1. The van der Waals surface area contributed by atoms with E-state index in [0.29, 0.717) is 22.3 Å². The fourth-order valence-electron chi connectivity index (χ4n) is 2.31. The van der Waals surface area contributed by atoms with Crippen LogP contribution in [0.25, 0.3) is 0 Å². The predicted octanol–water partition coefficient (Wildman–Crippen LogP) is 2.96. The van der Waals surface area contributed by atoms with Crippen molar-refractivity contribution in [2.24, 2.45) is 0 Å². The summed E-state index contributed by atoms with van der Waals surface area (Å²) in [5.74, 6) is -0.111. The van der Waals surface area contributed by atoms with Gasteiger partial charge >= 0.3 is 0 Å². The number of aryl methyl sites for hydroxylation is 1. The number of nitrogens with one attached hydrogen (secondary N) is 2. The number of benzene rings is 2. The Morgan fingerprint density at radius 2 is 1.77 bits per heavy atom. The zero-order valence-corrected chi connectivity index (χ0v) is 14.1. The smallest absolute Gasteiger partial charge is 0.279 e. The molecule has 1 atom stereocenters. The Morgan fingerprint density at radius 3 is 2.41 bits per heavy atom. The third-order valence-electron chi connectivity index (χ3n) is 3.28. The van der Waals surface area contributed by atoms with Gasteiger partial charge in [0.05, 0.1) is 22.8 Å². The normalized spacial score (nSPS) is 12.0. The maximum atomic E-state index is 12.1. The largest absolute Gasteiger partial charge is 0.326 e. The third kappa shape index (κ3) is 4.73. The van der Waals surface area contributed by atoms with Crippen molar-refractivity contribution in [2.75, 3.05) is 18.9 Å². The Morgan fingerprint density at radius 1 is 1.14 bits per heavy atom. The van der Waals surface area contributed by atoms with Gasteiger partial charge in [0.25, 0.3) is 5.91 Å². The maximum Gasteiger partial charge on any atom is 0.279 e. The molecule has 2 rings (SSSR count). The van der Waals surface area contributed by atoms with E-state index < -0.39 is 0 Å². The lowest BCUT2D eigenvalue weighted by Gasteiger charge is -2.15. The summed E-state index contributed by atoms with van der Waals surface area (Å²) in [6.07, 6.45) is 0. The minimum absolute atomic E-state index is 0.111. The molecule has 5 heteroatoms. The standard InChI is InChI=1S/C17H18Cl2N2O/c1-12-5-3-6-13(9-12)10-21(2)11-16(22)20-17-14(18)7-4-8-15(17)19/h3-9H,10-11H2,1-2H3,(H,20,22)/p+1. The van der Waals surface area contributed by atoms with Gasteiger partial charge in [-0.2, -0.15) is 0 Å². The van der Waals surface area contributed by atoms with Crippen LogP contribution in [0.15, 0.2) is 42.5 Å². The fourth-order valence-corrected chi connectivity index (χ4v) is 2.80. The zero-order chi connectivity index (χ0) is 16.1. The molecule has 0 aliphatic heterocycles. The van der Waals surface area contributed by atoms with E-state index in [1.165, 1.54) is 11.1 Å². The molecule has 0 fully saturated rings. The Kier molecular flexibility index (Phi) is 5.83. The fraction of sp³-hybridized carbons (Fsp3) is 0.235. The lowest BCUT2D eigenvalue weighted by molar-refractivity contribution is -0.885. The van der Waals surface area contributed by atoms with Crippen LogP contribution in [-0.2, 0) is 11.3 Å². The number of hydrogen-bond acceptors (Lipinski definition) is 1. The molecule has 2 aromatic carbocycles. The SMILES string of the molecule is Cc1cccc(C[NH+](C)CC(=O)Nc2c(Cl)cccc2Cl)c1. The summed E-state index contributed by atoms with van der Waals surface area (Å²) in [4.78, 5) is 13.2. The van der Waals surface area contributed by atoms with Crippen LogP contribution in [0.5, 0.6) is 0 Å². The molecule has 0 aliphatic rings. The number of halogens is 2. The first-order chi connectivity index (χ1) is 10.5. The minimum Gasteiger partial charge on any atom is -0.326 e. The number of amides is 1. The van der Waals surface area contributed by atoms with E-state index in [1.807, 2.05) is 13.1 Å². The Bertz CT molecular complexity index is 653. The Labute approximate surface area is 140 Å². The van der Waals surface area contributed by atoms with Crippen LogP contribution in [0.4, 0.5) is 5.69 Å². The molecule has 2 N–H and O–H groups in total. The molecule has 0 aromatic heterocycles. The molecule has 2 aromatic rings. The first kappa shape index (κ1) is 16.8. The summed E-state index contributed by atoms with van der Waals surface area (Å²) in [5.41, 5.74) is 2.90. The van der Waals surface area contributed by atoms with Crippen molar-refractivity contribution in [1.29, 1.82) is 0 Å². The second kappa shape index (κ2) is 7.63. The molecule has 1 unspecified atom stereocenters. The van der Waals surface area contributed by atoms with E-state index >= 15 is 0 Å². The molecule has 3 nitrogen and oxygen atoms in total. The van der Waals surface area contributed by atoms with Crippen molar-refractivity contribution >= 4 is 34.8 Å². The molecule has 0 saturated heterocycles. The number of rotatable bonds is 5. The number of likely N-dealkylation sites (N-methyl/N-ethyl adjacent to an activating group) is 1. The zero-order valence-electron chi connectivity index (χ0n) is 12.6. The second-order valence-corrected chi connectivity index (χ2v) is 6.26. The van der Waals surface area contributed by atoms with E-state index in [9.17, 15) is 4.79 Å². The predicted molar refractivity (Wildman–Crippen MR) is 91.7 cm³/mol. The number of para-hydroxylation sites is 1. The van der Waals surface area contributed by atoms with Gasteiger partial charge in [0, 0.05) is 5.56 Å². The number of hydrogen-bond donors (Lipinski definition) is 2. The van der Waals surface area contributed by atoms with Crippen LogP contribution >= 0.6 is 23.2 Å². The average molecular weight is 338 g/mol. The van der Waals surface area contributed by atoms with Gasteiger partial charge in [-0.15, -0.1) is 0 Å². The van der Waals surface area contributed by atoms with Gasteiger partial charge in [-0.25, -0.2) is 0 Å². The lowest BCUT2D eigenvalue weighted by atomic mass is 10.1. The van der Waals surface area contributed by atoms with E-state index in [2.05, 4.69) is 30.4 Å². The van der Waals surface area contributed by atoms with Crippen molar-refractivity contribution in [3.63, 3.8) is 0 Å². The number of carbonyl (C=O) groups excluding carboxylic acids is 1. The molecular formula is C17H19Cl2N2O+. The van der Waals surface area contributed by atoms with E-state index in [1.54, 1.807) is 18.2 Å². The van der Waals surface area contributed by atoms with Crippen molar-refractivity contribution in [3.05, 3.63) is 63.6 Å². The van der Waals surface area contributed by atoms with Crippen LogP contribution in [0, 0.1) is 6.92 Å². The molecule has 116 valence electrons. The van der Waals surface area contributed by atoms with Gasteiger partial charge < -0.3 is 10.2 Å². The average Bonchev–Trinajstić information content (AvgIpc) is 2.43. The highest BCUT2D eigenvalue weighted by molar-refractivity contribution is 6.39. The van der Waals surface area contributed by atoms with E-state index in [4.69, 9.17) is 23.2 Å². The highest BCUT2D eigenvalue weighted by atomic mass is 35.5. The quantitative estimate of drug-likeness (QED) is 0.864. The molecule has 0 bridgehead atoms. The summed E-state index contributed by atoms with van der Waals surface area (Å²) in [6.45, 7) is 3.19. The van der Waals surface area contributed by atoms with E-state index in [-0.39, 0.29) is 5.91 Å². The van der Waals surface area contributed by atoms with Gasteiger partial charge in [0.15, 0.2) is 6.54 Å². The third-order valence-corrected chi connectivity index (χ3v) is 3.91. The molecule has 0 spiro atoms. The van der Waals surface area contributed by atoms with Gasteiger partial charge in [0.1, 0.15) is 6.54 Å². The first-order valence-electron chi connectivity index (χ1n) is 7.06. The first-order valence-corrected chi connectivity index (χ1v) is 7.82. The van der Waals surface area contributed by atoms with Crippen molar-refractivity contribution < 1.29 is 9.69 Å². The summed E-state index contributed by atoms with van der Waals surface area (Å²) >= 11 is 12.1. The monoisotopic (exact) mass is 337 g/mol. The maximum absolute atomic E-state index is 12.1. The topological polar surface area (TPSA) is 33.5 Å². The summed E-state index contributed by atoms with van der Waals surface area (Å²) < 4.78 is 0. The van der Waals surface area contributed by atoms with Crippen molar-refractivity contribution in [1.82, 2.24) is 0 Å². The molecule has 0 saturated carbocycles. The highest BCUT2D eigenvalue weighted by Crippen LogP contribution is 2.29. The van der Waals surface area contributed by atoms with Crippen LogP contribution in [0.3, 0.4) is 0 Å². The van der Waals surface area contributed by atoms with Crippen LogP contribution in [0.2, 0.25) is 10.0 Å². The van der Waals surface area contributed by atoms with Crippen molar-refractivity contribution in [2.45, 2.75) is 13.5 Å². The Balaban J connectivity index is 1.94. The molecule has 0 radical (unpaired) electrons. The second-order valence-electron chi connectivity index (χ2n) is 5.44. The molecule has 0 aliphatic carbocycles. The summed E-state index contributed by atoms with van der Waals surface area (Å²) in [7, 11) is 1.98. The summed E-state index contributed by atoms with van der Waals surface area (Å²) in [6, 6.07) is 13.4. The van der Waals surface area contributed by atoms with Crippen LogP contribution < -0.4 is 10.2 Å². The molecular weight excluding hydrogens is 319 g/mol. The highest BCUT2D eigenvalue weighted by Gasteiger charge is 2.14.